The van der Waals surface area contributed by atoms with Crippen LogP contribution in [0.2, 0.25) is 5.02 Å². The molecular weight excluding hydrogens is 427 g/mol. The first-order valence-corrected chi connectivity index (χ1v) is 10.2. The lowest BCUT2D eigenvalue weighted by Gasteiger charge is -2.27. The van der Waals surface area contributed by atoms with Gasteiger partial charge in [0.25, 0.3) is 0 Å². The summed E-state index contributed by atoms with van der Waals surface area (Å²) in [6, 6.07) is 4.57. The molecule has 1 unspecified atom stereocenters. The zero-order valence-electron chi connectivity index (χ0n) is 16.6. The summed E-state index contributed by atoms with van der Waals surface area (Å²) in [4.78, 5) is 14.3. The van der Waals surface area contributed by atoms with Gasteiger partial charge in [-0.1, -0.05) is 36.7 Å². The summed E-state index contributed by atoms with van der Waals surface area (Å²) in [6.07, 6.45) is -2.05. The van der Waals surface area contributed by atoms with E-state index in [1.165, 1.54) is 26.2 Å². The van der Waals surface area contributed by atoms with Crippen LogP contribution in [0.4, 0.5) is 13.2 Å². The van der Waals surface area contributed by atoms with Crippen LogP contribution in [0.15, 0.2) is 39.9 Å². The number of ketones is 1. The van der Waals surface area contributed by atoms with Crippen LogP contribution in [0.25, 0.3) is 0 Å². The van der Waals surface area contributed by atoms with Crippen molar-refractivity contribution < 1.29 is 27.8 Å². The van der Waals surface area contributed by atoms with E-state index in [1.807, 2.05) is 6.92 Å². The number of carbonyl (C=O) groups excluding carboxylic acids is 1. The van der Waals surface area contributed by atoms with Crippen LogP contribution in [0.3, 0.4) is 0 Å². The van der Waals surface area contributed by atoms with Gasteiger partial charge in [-0.3, -0.25) is 4.79 Å². The topological polar surface area (TPSA) is 49.8 Å². The largest absolute Gasteiger partial charge is 0.496 e. The van der Waals surface area contributed by atoms with Gasteiger partial charge >= 0.3 is 6.18 Å². The molecule has 0 spiro atoms. The SMILES string of the molecule is CCCCN1C(C)=C(C(C)(O)C(F)(F)F)S/C1=C\C(=O)c1cc(Cl)ccc1OC. The number of benzene rings is 1. The molecule has 1 aliphatic rings. The highest BCUT2D eigenvalue weighted by Crippen LogP contribution is 2.51. The predicted octanol–water partition coefficient (Wildman–Crippen LogP) is 5.77. The molecule has 1 aromatic rings. The van der Waals surface area contributed by atoms with Crippen LogP contribution < -0.4 is 4.74 Å². The van der Waals surface area contributed by atoms with Crippen LogP contribution in [0.5, 0.6) is 5.75 Å². The minimum atomic E-state index is -4.84. The number of allylic oxidation sites excluding steroid dienone is 2. The van der Waals surface area contributed by atoms with Crippen LogP contribution in [0, 0.1) is 0 Å². The molecule has 1 atom stereocenters. The van der Waals surface area contributed by atoms with Gasteiger partial charge < -0.3 is 14.7 Å². The van der Waals surface area contributed by atoms with Crippen molar-refractivity contribution in [2.24, 2.45) is 0 Å². The Bertz CT molecular complexity index is 850. The van der Waals surface area contributed by atoms with E-state index in [0.29, 0.717) is 28.8 Å². The van der Waals surface area contributed by atoms with E-state index in [-0.39, 0.29) is 16.2 Å². The summed E-state index contributed by atoms with van der Waals surface area (Å²) in [6.45, 7) is 4.63. The van der Waals surface area contributed by atoms with Gasteiger partial charge in [0.15, 0.2) is 11.4 Å². The number of methoxy groups -OCH3 is 1. The summed E-state index contributed by atoms with van der Waals surface area (Å²) >= 11 is 6.73. The Labute approximate surface area is 177 Å². The van der Waals surface area contributed by atoms with Gasteiger partial charge in [0, 0.05) is 23.3 Å². The molecule has 1 N–H and O–H groups in total. The summed E-state index contributed by atoms with van der Waals surface area (Å²) in [7, 11) is 1.41. The van der Waals surface area contributed by atoms with Crippen molar-refractivity contribution >= 4 is 29.1 Å². The minimum absolute atomic E-state index is 0.206. The van der Waals surface area contributed by atoms with E-state index in [9.17, 15) is 23.1 Å². The number of unbranched alkanes of at least 4 members (excludes halogenated alkanes) is 1. The quantitative estimate of drug-likeness (QED) is 0.423. The molecule has 2 rings (SSSR count). The molecule has 0 bridgehead atoms. The van der Waals surface area contributed by atoms with E-state index in [1.54, 1.807) is 17.0 Å². The standard InChI is InChI=1S/C20H23ClF3NO3S/c1-5-6-9-25-12(2)18(19(3,27)20(22,23)24)29-17(25)11-15(26)14-10-13(21)7-8-16(14)28-4/h7-8,10-11,27H,5-6,9H2,1-4H3/b17-11-. The molecule has 4 nitrogen and oxygen atoms in total. The fourth-order valence-corrected chi connectivity index (χ4v) is 4.32. The number of rotatable bonds is 7. The molecule has 0 amide bonds. The van der Waals surface area contributed by atoms with Crippen molar-refractivity contribution in [3.8, 4) is 5.75 Å². The Morgan fingerprint density at radius 3 is 2.59 bits per heavy atom. The van der Waals surface area contributed by atoms with E-state index < -0.39 is 17.6 Å². The third-order valence-electron chi connectivity index (χ3n) is 4.62. The Kier molecular flexibility index (Phi) is 7.35. The smallest absolute Gasteiger partial charge is 0.421 e. The normalized spacial score (nSPS) is 18.4. The number of thioether (sulfide) groups is 1. The minimum Gasteiger partial charge on any atom is -0.496 e. The monoisotopic (exact) mass is 449 g/mol. The molecular formula is C20H23ClF3NO3S. The van der Waals surface area contributed by atoms with Crippen LogP contribution in [-0.2, 0) is 0 Å². The highest BCUT2D eigenvalue weighted by Gasteiger charge is 2.55. The highest BCUT2D eigenvalue weighted by atomic mass is 35.5. The number of carbonyl (C=O) groups is 1. The van der Waals surface area contributed by atoms with E-state index in [2.05, 4.69) is 0 Å². The third kappa shape index (κ3) is 4.92. The summed E-state index contributed by atoms with van der Waals surface area (Å²) in [5.41, 5.74) is -2.53. The van der Waals surface area contributed by atoms with Gasteiger partial charge in [-0.2, -0.15) is 13.2 Å². The molecule has 1 aliphatic heterocycles. The lowest BCUT2D eigenvalue weighted by atomic mass is 10.0. The first-order valence-electron chi connectivity index (χ1n) is 8.99. The van der Waals surface area contributed by atoms with Crippen molar-refractivity contribution in [1.29, 1.82) is 0 Å². The number of ether oxygens (including phenoxy) is 1. The predicted molar refractivity (Wildman–Crippen MR) is 109 cm³/mol. The third-order valence-corrected chi connectivity index (χ3v) is 6.30. The molecule has 1 aromatic carbocycles. The fraction of sp³-hybridized carbons (Fsp3) is 0.450. The average Bonchev–Trinajstić information content (AvgIpc) is 2.94. The van der Waals surface area contributed by atoms with Gasteiger partial charge in [0.2, 0.25) is 0 Å². The zero-order valence-corrected chi connectivity index (χ0v) is 18.1. The average molecular weight is 450 g/mol. The maximum Gasteiger partial charge on any atom is 0.421 e. The molecule has 9 heteroatoms. The van der Waals surface area contributed by atoms with Gasteiger partial charge in [-0.05, 0) is 38.5 Å². The molecule has 160 valence electrons. The lowest BCUT2D eigenvalue weighted by molar-refractivity contribution is -0.234. The molecule has 0 aromatic heterocycles. The maximum absolute atomic E-state index is 13.4. The summed E-state index contributed by atoms with van der Waals surface area (Å²) < 4.78 is 45.4. The van der Waals surface area contributed by atoms with Crippen molar-refractivity contribution in [3.63, 3.8) is 0 Å². The lowest BCUT2D eigenvalue weighted by Crippen LogP contribution is -2.43. The molecule has 29 heavy (non-hydrogen) atoms. The number of aliphatic hydroxyl groups is 1. The Balaban J connectivity index is 2.47. The number of hydrogen-bond acceptors (Lipinski definition) is 5. The molecule has 0 fully saturated rings. The van der Waals surface area contributed by atoms with Crippen LogP contribution in [0.1, 0.15) is 44.0 Å². The second-order valence-electron chi connectivity index (χ2n) is 6.78. The first-order chi connectivity index (χ1) is 13.4. The van der Waals surface area contributed by atoms with Gasteiger partial charge in [0.1, 0.15) is 5.75 Å². The summed E-state index contributed by atoms with van der Waals surface area (Å²) in [5, 5.41) is 10.8. The Hall–Kier alpha value is -1.64. The molecule has 1 heterocycles. The van der Waals surface area contributed by atoms with Crippen molar-refractivity contribution in [2.45, 2.75) is 45.4 Å². The molecule has 0 saturated carbocycles. The molecule has 0 saturated heterocycles. The van der Waals surface area contributed by atoms with E-state index in [4.69, 9.17) is 16.3 Å². The Morgan fingerprint density at radius 1 is 1.38 bits per heavy atom. The molecule has 0 radical (unpaired) electrons. The van der Waals surface area contributed by atoms with Gasteiger partial charge in [0.05, 0.1) is 22.6 Å². The second-order valence-corrected chi connectivity index (χ2v) is 8.25. The highest BCUT2D eigenvalue weighted by molar-refractivity contribution is 8.07. The van der Waals surface area contributed by atoms with Gasteiger partial charge in [-0.15, -0.1) is 0 Å². The van der Waals surface area contributed by atoms with Crippen molar-refractivity contribution in [3.05, 3.63) is 50.5 Å². The number of nitrogens with zero attached hydrogens (tertiary/aromatic N) is 1. The zero-order chi connectivity index (χ0) is 22.0. The van der Waals surface area contributed by atoms with E-state index in [0.717, 1.165) is 25.1 Å². The number of halogens is 4. The van der Waals surface area contributed by atoms with Crippen LogP contribution in [-0.4, -0.2) is 41.2 Å². The van der Waals surface area contributed by atoms with Crippen molar-refractivity contribution in [1.82, 2.24) is 4.90 Å². The number of hydrogen-bond donors (Lipinski definition) is 1. The number of alkyl halides is 3. The molecule has 0 aliphatic carbocycles. The first kappa shape index (κ1) is 23.6. The Morgan fingerprint density at radius 2 is 2.03 bits per heavy atom. The maximum atomic E-state index is 13.4. The van der Waals surface area contributed by atoms with Crippen molar-refractivity contribution in [2.75, 3.05) is 13.7 Å². The van der Waals surface area contributed by atoms with E-state index >= 15 is 0 Å². The second kappa shape index (κ2) is 9.02. The van der Waals surface area contributed by atoms with Gasteiger partial charge in [-0.25, -0.2) is 0 Å². The fourth-order valence-electron chi connectivity index (χ4n) is 2.87. The van der Waals surface area contributed by atoms with Crippen LogP contribution >= 0.6 is 23.4 Å². The summed E-state index contributed by atoms with van der Waals surface area (Å²) in [5.74, 6) is -0.138.